The van der Waals surface area contributed by atoms with E-state index >= 15 is 0 Å². The molecule has 3 aromatic carbocycles. The van der Waals surface area contributed by atoms with Gasteiger partial charge in [-0.3, -0.25) is 9.59 Å². The number of nitrogens with zero attached hydrogens (tertiary/aromatic N) is 4. The van der Waals surface area contributed by atoms with Gasteiger partial charge in [0.2, 0.25) is 27.7 Å². The molecule has 5 rings (SSSR count). The molecule has 3 amide bonds. The second-order valence-electron chi connectivity index (χ2n) is 12.4. The number of hydrogen-bond acceptors (Lipinski definition) is 8. The molecule has 258 valence electrons. The fourth-order valence-corrected chi connectivity index (χ4v) is 7.00. The van der Waals surface area contributed by atoms with Gasteiger partial charge in [-0.25, -0.2) is 17.5 Å². The van der Waals surface area contributed by atoms with Crippen molar-refractivity contribution in [3.63, 3.8) is 0 Å². The van der Waals surface area contributed by atoms with Gasteiger partial charge in [0.25, 0.3) is 0 Å². The highest BCUT2D eigenvalue weighted by atomic mass is 32.2. The molecule has 1 fully saturated rings. The van der Waals surface area contributed by atoms with Crippen LogP contribution in [0.15, 0.2) is 71.6 Å². The Bertz CT molecular complexity index is 1890. The maximum Gasteiger partial charge on any atom is 0.404 e. The number of hydrogen-bond donors (Lipinski definition) is 5. The van der Waals surface area contributed by atoms with E-state index in [4.69, 9.17) is 5.11 Å². The van der Waals surface area contributed by atoms with E-state index in [0.29, 0.717) is 49.3 Å². The van der Waals surface area contributed by atoms with E-state index < -0.39 is 22.2 Å². The summed E-state index contributed by atoms with van der Waals surface area (Å²) in [7, 11) is -0.611. The molecular weight excluding hydrogens is 648 g/mol. The zero-order valence-corrected chi connectivity index (χ0v) is 28.3. The molecular formula is C34H40N8O6S. The summed E-state index contributed by atoms with van der Waals surface area (Å²) >= 11 is 0. The summed E-state index contributed by atoms with van der Waals surface area (Å²) in [6.45, 7) is 2.20. The Morgan fingerprint density at radius 1 is 0.980 bits per heavy atom. The first-order valence-corrected chi connectivity index (χ1v) is 17.4. The molecule has 0 unspecified atom stereocenters. The van der Waals surface area contributed by atoms with Crippen LogP contribution >= 0.6 is 0 Å². The third kappa shape index (κ3) is 8.86. The number of amides is 3. The fourth-order valence-electron chi connectivity index (χ4n) is 6.01. The molecule has 1 saturated carbocycles. The smallest absolute Gasteiger partial charge is 0.404 e. The second kappa shape index (κ2) is 15.4. The van der Waals surface area contributed by atoms with E-state index in [-0.39, 0.29) is 35.0 Å². The fraction of sp³-hybridized carbons (Fsp3) is 0.353. The summed E-state index contributed by atoms with van der Waals surface area (Å²) in [4.78, 5) is 38.4. The molecule has 49 heavy (non-hydrogen) atoms. The maximum absolute atomic E-state index is 13.8. The van der Waals surface area contributed by atoms with Gasteiger partial charge in [-0.05, 0) is 102 Å². The Hall–Kier alpha value is -5.15. The van der Waals surface area contributed by atoms with E-state index in [1.165, 1.54) is 18.4 Å². The van der Waals surface area contributed by atoms with Gasteiger partial charge in [-0.15, -0.1) is 10.2 Å². The number of nitrogens with one attached hydrogen (secondary N) is 4. The van der Waals surface area contributed by atoms with Gasteiger partial charge in [0.1, 0.15) is 6.04 Å². The molecule has 1 heterocycles. The van der Waals surface area contributed by atoms with Gasteiger partial charge in [0.05, 0.1) is 4.90 Å². The number of aryl methyl sites for hydroxylation is 1. The van der Waals surface area contributed by atoms with Gasteiger partial charge in [-0.2, -0.15) is 5.21 Å². The lowest BCUT2D eigenvalue weighted by Crippen LogP contribution is -2.48. The van der Waals surface area contributed by atoms with Gasteiger partial charge in [0.15, 0.2) is 0 Å². The van der Waals surface area contributed by atoms with Crippen molar-refractivity contribution in [2.45, 2.75) is 50.0 Å². The van der Waals surface area contributed by atoms with Crippen LogP contribution < -0.4 is 16.0 Å². The number of anilines is 1. The first kappa shape index (κ1) is 35.2. The van der Waals surface area contributed by atoms with E-state index in [2.05, 4.69) is 36.6 Å². The number of carboxylic acid groups (broad SMARTS) is 1. The van der Waals surface area contributed by atoms with Crippen molar-refractivity contribution >= 4 is 33.6 Å². The molecule has 1 aliphatic carbocycles. The SMILES string of the molecule is Cc1cc(S(=O)(=O)N(C)C)ccc1-c1cccc(C[C@H](NC(=O)C2CCC(CNC(=O)O)CC2)C(=O)Nc2ccc(-c3nn[nH]n3)cc2)c1. The van der Waals surface area contributed by atoms with Crippen molar-refractivity contribution in [1.82, 2.24) is 35.6 Å². The van der Waals surface area contributed by atoms with E-state index in [1.807, 2.05) is 31.2 Å². The Morgan fingerprint density at radius 3 is 2.35 bits per heavy atom. The summed E-state index contributed by atoms with van der Waals surface area (Å²) in [5.41, 5.74) is 4.52. The Labute approximate surface area is 284 Å². The van der Waals surface area contributed by atoms with Crippen molar-refractivity contribution in [1.29, 1.82) is 0 Å². The molecule has 5 N–H and O–H groups in total. The molecule has 0 saturated heterocycles. The summed E-state index contributed by atoms with van der Waals surface area (Å²) in [5.74, 6) is -0.322. The molecule has 4 aromatic rings. The lowest BCUT2D eigenvalue weighted by atomic mass is 9.81. The lowest BCUT2D eigenvalue weighted by Gasteiger charge is -2.29. The molecule has 0 spiro atoms. The van der Waals surface area contributed by atoms with Crippen molar-refractivity contribution < 1.29 is 27.9 Å². The molecule has 0 aliphatic heterocycles. The predicted molar refractivity (Wildman–Crippen MR) is 183 cm³/mol. The standard InChI is InChI=1S/C34H40N8O6S/c1-21-17-28(49(47,48)42(2)3)15-16-29(21)26-6-4-5-23(18-26)19-30(37-32(43)25-9-7-22(8-10-25)20-35-34(45)46)33(44)36-27-13-11-24(12-14-27)31-38-40-41-39-31/h4-6,11-18,22,25,30,35H,7-10,19-20H2,1-3H3,(H,36,44)(H,37,43)(H,45,46)(H,38,39,40,41)/t22?,25?,30-/m0/s1. The van der Waals surface area contributed by atoms with Crippen LogP contribution in [0.5, 0.6) is 0 Å². The third-order valence-corrected chi connectivity index (χ3v) is 10.6. The van der Waals surface area contributed by atoms with E-state index in [1.54, 1.807) is 42.5 Å². The van der Waals surface area contributed by atoms with Crippen LogP contribution in [0.3, 0.4) is 0 Å². The van der Waals surface area contributed by atoms with Crippen molar-refractivity contribution in [2.75, 3.05) is 26.0 Å². The number of carbonyl (C=O) groups is 3. The van der Waals surface area contributed by atoms with Crippen molar-refractivity contribution in [3.8, 4) is 22.5 Å². The highest BCUT2D eigenvalue weighted by Gasteiger charge is 2.30. The minimum atomic E-state index is -3.59. The molecule has 1 aromatic heterocycles. The first-order chi connectivity index (χ1) is 23.4. The summed E-state index contributed by atoms with van der Waals surface area (Å²) < 4.78 is 26.5. The zero-order valence-electron chi connectivity index (χ0n) is 27.5. The summed E-state index contributed by atoms with van der Waals surface area (Å²) in [6.07, 6.45) is 1.74. The molecule has 14 nitrogen and oxygen atoms in total. The number of rotatable bonds is 12. The number of benzene rings is 3. The second-order valence-corrected chi connectivity index (χ2v) is 14.6. The topological polar surface area (TPSA) is 199 Å². The number of aromatic amines is 1. The van der Waals surface area contributed by atoms with Crippen LogP contribution in [0.1, 0.15) is 36.8 Å². The maximum atomic E-state index is 13.8. The first-order valence-electron chi connectivity index (χ1n) is 15.9. The summed E-state index contributed by atoms with van der Waals surface area (Å²) in [6, 6.07) is 18.7. The number of sulfonamides is 1. The van der Waals surface area contributed by atoms with Crippen molar-refractivity contribution in [3.05, 3.63) is 77.9 Å². The minimum absolute atomic E-state index is 0.165. The van der Waals surface area contributed by atoms with Crippen LogP contribution in [-0.2, 0) is 26.0 Å². The van der Waals surface area contributed by atoms with Crippen LogP contribution in [0.2, 0.25) is 0 Å². The predicted octanol–water partition coefficient (Wildman–Crippen LogP) is 3.83. The van der Waals surface area contributed by atoms with Gasteiger partial charge >= 0.3 is 6.09 Å². The van der Waals surface area contributed by atoms with Gasteiger partial charge in [-0.1, -0.05) is 30.3 Å². The van der Waals surface area contributed by atoms with Gasteiger partial charge < -0.3 is 21.1 Å². The average molecular weight is 689 g/mol. The Balaban J connectivity index is 1.34. The zero-order chi connectivity index (χ0) is 35.1. The molecule has 1 atom stereocenters. The number of aromatic nitrogens is 4. The monoisotopic (exact) mass is 688 g/mol. The lowest BCUT2D eigenvalue weighted by molar-refractivity contribution is -0.130. The van der Waals surface area contributed by atoms with Crippen LogP contribution in [-0.4, -0.2) is 83.0 Å². The quantitative estimate of drug-likeness (QED) is 0.147. The van der Waals surface area contributed by atoms with Gasteiger partial charge in [0, 0.05) is 44.2 Å². The number of H-pyrrole nitrogens is 1. The molecule has 0 bridgehead atoms. The van der Waals surface area contributed by atoms with Crippen LogP contribution in [0.25, 0.3) is 22.5 Å². The number of tetrazole rings is 1. The van der Waals surface area contributed by atoms with Crippen LogP contribution in [0, 0.1) is 18.8 Å². The van der Waals surface area contributed by atoms with Crippen LogP contribution in [0.4, 0.5) is 10.5 Å². The van der Waals surface area contributed by atoms with Crippen molar-refractivity contribution in [2.24, 2.45) is 11.8 Å². The minimum Gasteiger partial charge on any atom is -0.465 e. The highest BCUT2D eigenvalue weighted by molar-refractivity contribution is 7.89. The Morgan fingerprint density at radius 2 is 1.71 bits per heavy atom. The molecule has 0 radical (unpaired) electrons. The van der Waals surface area contributed by atoms with E-state index in [9.17, 15) is 22.8 Å². The normalized spacial score (nSPS) is 16.9. The molecule has 15 heteroatoms. The highest BCUT2D eigenvalue weighted by Crippen LogP contribution is 2.30. The summed E-state index contributed by atoms with van der Waals surface area (Å²) in [5, 5.41) is 31.2. The van der Waals surface area contributed by atoms with E-state index in [0.717, 1.165) is 22.3 Å². The third-order valence-electron chi connectivity index (χ3n) is 8.80. The average Bonchev–Trinajstić information content (AvgIpc) is 3.63. The Kier molecular flexibility index (Phi) is 11.0. The number of carbonyl (C=O) groups excluding carboxylic acids is 2. The molecule has 1 aliphatic rings. The largest absolute Gasteiger partial charge is 0.465 e.